The fourth-order valence-electron chi connectivity index (χ4n) is 2.00. The molecule has 2 rings (SSSR count). The molecule has 2 fully saturated rings. The first-order chi connectivity index (χ1) is 3.80. The minimum atomic E-state index is 0.509. The molecule has 0 bridgehead atoms. The van der Waals surface area contributed by atoms with E-state index in [0.29, 0.717) is 11.7 Å². The van der Waals surface area contributed by atoms with Crippen molar-refractivity contribution in [2.45, 2.75) is 19.8 Å². The Labute approximate surface area is 49.1 Å². The van der Waals surface area contributed by atoms with Crippen molar-refractivity contribution in [2.24, 2.45) is 17.8 Å². The molecule has 0 aromatic heterocycles. The molecule has 2 aliphatic carbocycles. The fourth-order valence-corrected chi connectivity index (χ4v) is 2.00. The number of carbonyl (C=O) groups excluding carboxylic acids is 1. The first-order valence-corrected chi connectivity index (χ1v) is 3.33. The SMILES string of the molecule is C[C@@H]1C2CCC(=O)C21. The van der Waals surface area contributed by atoms with Crippen LogP contribution in [-0.2, 0) is 4.79 Å². The molecule has 0 aromatic carbocycles. The minimum Gasteiger partial charge on any atom is -0.299 e. The van der Waals surface area contributed by atoms with Gasteiger partial charge in [0.25, 0.3) is 0 Å². The lowest BCUT2D eigenvalue weighted by Gasteiger charge is -1.89. The van der Waals surface area contributed by atoms with Crippen LogP contribution in [0.25, 0.3) is 0 Å². The van der Waals surface area contributed by atoms with Gasteiger partial charge in [0.2, 0.25) is 0 Å². The van der Waals surface area contributed by atoms with E-state index in [-0.39, 0.29) is 0 Å². The number of hydrogen-bond acceptors (Lipinski definition) is 1. The third-order valence-electron chi connectivity index (χ3n) is 2.66. The summed E-state index contributed by atoms with van der Waals surface area (Å²) in [7, 11) is 0. The predicted molar refractivity (Wildman–Crippen MR) is 30.4 cm³/mol. The van der Waals surface area contributed by atoms with Crippen LogP contribution in [0.1, 0.15) is 19.8 Å². The van der Waals surface area contributed by atoms with Crippen LogP contribution in [0.4, 0.5) is 0 Å². The Morgan fingerprint density at radius 3 is 2.62 bits per heavy atom. The highest BCUT2D eigenvalue weighted by atomic mass is 16.1. The van der Waals surface area contributed by atoms with Crippen molar-refractivity contribution in [3.63, 3.8) is 0 Å². The van der Waals surface area contributed by atoms with Crippen molar-refractivity contribution >= 4 is 5.78 Å². The summed E-state index contributed by atoms with van der Waals surface area (Å²) in [4.78, 5) is 10.8. The zero-order chi connectivity index (χ0) is 5.72. The average Bonchev–Trinajstić information content (AvgIpc) is 2.13. The smallest absolute Gasteiger partial charge is 0.136 e. The molecule has 2 unspecified atom stereocenters. The van der Waals surface area contributed by atoms with Crippen molar-refractivity contribution in [2.75, 3.05) is 0 Å². The molecule has 0 spiro atoms. The standard InChI is InChI=1S/C7H10O/c1-4-5-2-3-6(8)7(4)5/h4-5,7H,2-3H2,1H3/t4-,5?,7?/m1/s1. The van der Waals surface area contributed by atoms with Gasteiger partial charge in [0.05, 0.1) is 0 Å². The van der Waals surface area contributed by atoms with Crippen LogP contribution in [0, 0.1) is 17.8 Å². The Balaban J connectivity index is 2.18. The Morgan fingerprint density at radius 2 is 2.38 bits per heavy atom. The summed E-state index contributed by atoms with van der Waals surface area (Å²) in [5.41, 5.74) is 0. The molecular weight excluding hydrogens is 100 g/mol. The summed E-state index contributed by atoms with van der Waals surface area (Å²) < 4.78 is 0. The van der Waals surface area contributed by atoms with Crippen LogP contribution in [0.15, 0.2) is 0 Å². The van der Waals surface area contributed by atoms with Gasteiger partial charge < -0.3 is 0 Å². The van der Waals surface area contributed by atoms with Gasteiger partial charge in [0.15, 0.2) is 0 Å². The van der Waals surface area contributed by atoms with Crippen molar-refractivity contribution in [1.29, 1.82) is 0 Å². The van der Waals surface area contributed by atoms with Gasteiger partial charge in [-0.05, 0) is 18.3 Å². The summed E-state index contributed by atoms with van der Waals surface area (Å²) in [5, 5.41) is 0. The minimum absolute atomic E-state index is 0.509. The second-order valence-electron chi connectivity index (χ2n) is 3.05. The molecule has 1 heteroatoms. The number of fused-ring (bicyclic) bond motifs is 1. The Hall–Kier alpha value is -0.330. The third-order valence-corrected chi connectivity index (χ3v) is 2.66. The van der Waals surface area contributed by atoms with E-state index in [2.05, 4.69) is 6.92 Å². The molecule has 1 nitrogen and oxygen atoms in total. The van der Waals surface area contributed by atoms with Gasteiger partial charge >= 0.3 is 0 Å². The van der Waals surface area contributed by atoms with Crippen LogP contribution in [0.2, 0.25) is 0 Å². The number of rotatable bonds is 0. The fraction of sp³-hybridized carbons (Fsp3) is 0.857. The molecule has 44 valence electrons. The van der Waals surface area contributed by atoms with Crippen molar-refractivity contribution in [3.8, 4) is 0 Å². The van der Waals surface area contributed by atoms with E-state index >= 15 is 0 Å². The second kappa shape index (κ2) is 1.15. The molecule has 2 saturated carbocycles. The van der Waals surface area contributed by atoms with E-state index in [4.69, 9.17) is 0 Å². The van der Waals surface area contributed by atoms with Gasteiger partial charge in [-0.3, -0.25) is 4.79 Å². The molecule has 3 atom stereocenters. The molecule has 0 heterocycles. The Bertz CT molecular complexity index is 139. The number of carbonyl (C=O) groups is 1. The van der Waals surface area contributed by atoms with Gasteiger partial charge in [-0.15, -0.1) is 0 Å². The lowest BCUT2D eigenvalue weighted by molar-refractivity contribution is -0.119. The van der Waals surface area contributed by atoms with Crippen molar-refractivity contribution in [3.05, 3.63) is 0 Å². The maximum atomic E-state index is 10.8. The number of hydrogen-bond donors (Lipinski definition) is 0. The first kappa shape index (κ1) is 4.54. The average molecular weight is 110 g/mol. The highest BCUT2D eigenvalue weighted by Crippen LogP contribution is 2.54. The summed E-state index contributed by atoms with van der Waals surface area (Å²) in [6.45, 7) is 2.19. The first-order valence-electron chi connectivity index (χ1n) is 3.33. The van der Waals surface area contributed by atoms with Gasteiger partial charge in [-0.25, -0.2) is 0 Å². The topological polar surface area (TPSA) is 17.1 Å². The van der Waals surface area contributed by atoms with E-state index < -0.39 is 0 Å². The van der Waals surface area contributed by atoms with E-state index in [9.17, 15) is 4.79 Å². The van der Waals surface area contributed by atoms with Crippen molar-refractivity contribution in [1.82, 2.24) is 0 Å². The van der Waals surface area contributed by atoms with Crippen molar-refractivity contribution < 1.29 is 4.79 Å². The molecule has 0 aromatic rings. The Kier molecular flexibility index (Phi) is 0.651. The normalized spacial score (nSPS) is 51.6. The third kappa shape index (κ3) is 0.355. The molecule has 8 heavy (non-hydrogen) atoms. The zero-order valence-electron chi connectivity index (χ0n) is 5.05. The molecule has 0 aliphatic heterocycles. The van der Waals surface area contributed by atoms with Crippen LogP contribution in [-0.4, -0.2) is 5.78 Å². The van der Waals surface area contributed by atoms with Gasteiger partial charge in [0, 0.05) is 12.3 Å². The van der Waals surface area contributed by atoms with E-state index in [1.807, 2.05) is 0 Å². The molecule has 2 aliphatic rings. The lowest BCUT2D eigenvalue weighted by atomic mass is 10.2. The van der Waals surface area contributed by atoms with Crippen LogP contribution < -0.4 is 0 Å². The number of Topliss-reactive ketones (excluding diaryl/α,β-unsaturated/α-hetero) is 1. The second-order valence-corrected chi connectivity index (χ2v) is 3.05. The monoisotopic (exact) mass is 110 g/mol. The van der Waals surface area contributed by atoms with E-state index in [1.54, 1.807) is 0 Å². The van der Waals surface area contributed by atoms with Crippen LogP contribution >= 0.6 is 0 Å². The molecule has 0 radical (unpaired) electrons. The molecule has 0 N–H and O–H groups in total. The molecular formula is C7H10O. The lowest BCUT2D eigenvalue weighted by Crippen LogP contribution is -1.95. The quantitative estimate of drug-likeness (QED) is 0.458. The highest BCUT2D eigenvalue weighted by molar-refractivity contribution is 5.86. The Morgan fingerprint density at radius 1 is 1.62 bits per heavy atom. The van der Waals surface area contributed by atoms with Crippen LogP contribution in [0.5, 0.6) is 0 Å². The summed E-state index contributed by atoms with van der Waals surface area (Å²) in [6.07, 6.45) is 2.06. The van der Waals surface area contributed by atoms with E-state index in [0.717, 1.165) is 18.3 Å². The maximum absolute atomic E-state index is 10.8. The zero-order valence-corrected chi connectivity index (χ0v) is 5.05. The van der Waals surface area contributed by atoms with Gasteiger partial charge in [-0.2, -0.15) is 0 Å². The van der Waals surface area contributed by atoms with Gasteiger partial charge in [0.1, 0.15) is 5.78 Å². The van der Waals surface area contributed by atoms with Crippen LogP contribution in [0.3, 0.4) is 0 Å². The van der Waals surface area contributed by atoms with E-state index in [1.165, 1.54) is 6.42 Å². The summed E-state index contributed by atoms with van der Waals surface area (Å²) in [6, 6.07) is 0. The van der Waals surface area contributed by atoms with Gasteiger partial charge in [-0.1, -0.05) is 6.92 Å². The maximum Gasteiger partial charge on any atom is 0.136 e. The highest BCUT2D eigenvalue weighted by Gasteiger charge is 2.54. The summed E-state index contributed by atoms with van der Waals surface area (Å²) in [5.74, 6) is 2.59. The molecule has 0 saturated heterocycles. The summed E-state index contributed by atoms with van der Waals surface area (Å²) >= 11 is 0. The molecule has 0 amide bonds. The largest absolute Gasteiger partial charge is 0.299 e. The predicted octanol–water partition coefficient (Wildman–Crippen LogP) is 1.23. The number of ketones is 1.